The number of carbonyl (C=O) groups is 1. The average molecular weight is 343 g/mol. The van der Waals surface area contributed by atoms with Gasteiger partial charge in [0, 0.05) is 13.0 Å². The third-order valence-electron chi connectivity index (χ3n) is 3.86. The molecular weight excluding hydrogens is 327 g/mol. The summed E-state index contributed by atoms with van der Waals surface area (Å²) in [5, 5.41) is 10.1. The van der Waals surface area contributed by atoms with Gasteiger partial charge in [0.15, 0.2) is 11.5 Å². The fraction of sp³-hybridized carbons (Fsp3) is 0.500. The van der Waals surface area contributed by atoms with Crippen molar-refractivity contribution < 1.29 is 22.5 Å². The van der Waals surface area contributed by atoms with Crippen LogP contribution in [0.5, 0.6) is 0 Å². The van der Waals surface area contributed by atoms with Crippen LogP contribution in [0.1, 0.15) is 29.8 Å². The summed E-state index contributed by atoms with van der Waals surface area (Å²) in [6.07, 6.45) is -3.93. The number of hydrogen-bond donors (Lipinski definition) is 1. The third kappa shape index (κ3) is 2.95. The molecule has 1 N–H and O–H groups in total. The summed E-state index contributed by atoms with van der Waals surface area (Å²) in [5.74, 6) is 0.558. The van der Waals surface area contributed by atoms with Gasteiger partial charge in [-0.15, -0.1) is 0 Å². The summed E-state index contributed by atoms with van der Waals surface area (Å²) < 4.78 is 44.6. The lowest BCUT2D eigenvalue weighted by Crippen LogP contribution is -2.41. The molecule has 0 radical (unpaired) electrons. The topological polar surface area (TPSA) is 76.2 Å². The first kappa shape index (κ1) is 16.3. The van der Waals surface area contributed by atoms with Gasteiger partial charge in [0.05, 0.1) is 18.8 Å². The van der Waals surface area contributed by atoms with E-state index in [2.05, 4.69) is 15.6 Å². The molecule has 2 amide bonds. The van der Waals surface area contributed by atoms with E-state index in [4.69, 9.17) is 4.52 Å². The van der Waals surface area contributed by atoms with Crippen molar-refractivity contribution in [1.82, 2.24) is 19.8 Å². The van der Waals surface area contributed by atoms with Crippen molar-refractivity contribution in [2.45, 2.75) is 39.5 Å². The highest BCUT2D eigenvalue weighted by Gasteiger charge is 2.36. The van der Waals surface area contributed by atoms with Crippen LogP contribution in [-0.2, 0) is 25.7 Å². The Labute approximate surface area is 135 Å². The van der Waals surface area contributed by atoms with E-state index in [-0.39, 0.29) is 19.6 Å². The minimum Gasteiger partial charge on any atom is -0.359 e. The van der Waals surface area contributed by atoms with Crippen LogP contribution < -0.4 is 5.32 Å². The molecule has 1 aliphatic rings. The second-order valence-electron chi connectivity index (χ2n) is 5.51. The SMILES string of the molecule is CCc1onc(C)c1NC(=O)N1CCn2nc(C(F)(F)F)cc2C1. The van der Waals surface area contributed by atoms with Crippen LogP contribution in [0.2, 0.25) is 0 Å². The molecule has 7 nitrogen and oxygen atoms in total. The summed E-state index contributed by atoms with van der Waals surface area (Å²) >= 11 is 0. The molecule has 0 saturated carbocycles. The normalized spacial score (nSPS) is 14.6. The van der Waals surface area contributed by atoms with Crippen LogP contribution in [0.3, 0.4) is 0 Å². The summed E-state index contributed by atoms with van der Waals surface area (Å²) in [7, 11) is 0. The van der Waals surface area contributed by atoms with Gasteiger partial charge in [0.1, 0.15) is 11.4 Å². The van der Waals surface area contributed by atoms with Crippen LogP contribution in [0, 0.1) is 6.92 Å². The molecule has 0 spiro atoms. The smallest absolute Gasteiger partial charge is 0.359 e. The van der Waals surface area contributed by atoms with Gasteiger partial charge in [0.25, 0.3) is 0 Å². The molecule has 0 aromatic carbocycles. The van der Waals surface area contributed by atoms with E-state index in [1.54, 1.807) is 6.92 Å². The summed E-state index contributed by atoms with van der Waals surface area (Å²) in [5.41, 5.74) is 0.476. The molecule has 1 aliphatic heterocycles. The number of alkyl halides is 3. The van der Waals surface area contributed by atoms with Gasteiger partial charge in [-0.2, -0.15) is 18.3 Å². The largest absolute Gasteiger partial charge is 0.435 e. The highest BCUT2D eigenvalue weighted by Crippen LogP contribution is 2.30. The van der Waals surface area contributed by atoms with Crippen LogP contribution in [0.25, 0.3) is 0 Å². The molecular formula is C14H16F3N5O2. The van der Waals surface area contributed by atoms with Crippen molar-refractivity contribution in [1.29, 1.82) is 0 Å². The number of carbonyl (C=O) groups excluding carboxylic acids is 1. The fourth-order valence-corrected chi connectivity index (χ4v) is 2.58. The number of fused-ring (bicyclic) bond motifs is 1. The maximum Gasteiger partial charge on any atom is 0.435 e. The number of urea groups is 1. The van der Waals surface area contributed by atoms with E-state index < -0.39 is 17.9 Å². The van der Waals surface area contributed by atoms with Gasteiger partial charge in [-0.1, -0.05) is 12.1 Å². The maximum atomic E-state index is 12.7. The van der Waals surface area contributed by atoms with Crippen molar-refractivity contribution in [2.24, 2.45) is 0 Å². The number of rotatable bonds is 2. The van der Waals surface area contributed by atoms with E-state index in [0.717, 1.165) is 6.07 Å². The van der Waals surface area contributed by atoms with Crippen molar-refractivity contribution in [2.75, 3.05) is 11.9 Å². The Bertz CT molecular complexity index is 765. The molecule has 0 atom stereocenters. The van der Waals surface area contributed by atoms with Gasteiger partial charge in [-0.05, 0) is 13.0 Å². The molecule has 10 heteroatoms. The number of amides is 2. The number of aryl methyl sites for hydroxylation is 2. The van der Waals surface area contributed by atoms with Gasteiger partial charge in [0.2, 0.25) is 0 Å². The lowest BCUT2D eigenvalue weighted by Gasteiger charge is -2.27. The first-order chi connectivity index (χ1) is 11.3. The Morgan fingerprint density at radius 3 is 2.83 bits per heavy atom. The fourth-order valence-electron chi connectivity index (χ4n) is 2.58. The standard InChI is InChI=1S/C14H16F3N5O2/c1-3-10-12(8(2)20-24-10)18-13(23)21-4-5-22-9(7-21)6-11(19-22)14(15,16)17/h6H,3-5,7H2,1-2H3,(H,18,23). The first-order valence-corrected chi connectivity index (χ1v) is 7.44. The second kappa shape index (κ2) is 5.84. The average Bonchev–Trinajstić information content (AvgIpc) is 3.10. The summed E-state index contributed by atoms with van der Waals surface area (Å²) in [6.45, 7) is 4.11. The minimum absolute atomic E-state index is 0.0562. The van der Waals surface area contributed by atoms with Crippen molar-refractivity contribution in [3.8, 4) is 0 Å². The Hall–Kier alpha value is -2.52. The Morgan fingerprint density at radius 1 is 1.42 bits per heavy atom. The zero-order chi connectivity index (χ0) is 17.5. The van der Waals surface area contributed by atoms with E-state index in [0.29, 0.717) is 29.3 Å². The second-order valence-corrected chi connectivity index (χ2v) is 5.51. The van der Waals surface area contributed by atoms with Crippen molar-refractivity contribution in [3.05, 3.63) is 28.9 Å². The zero-order valence-corrected chi connectivity index (χ0v) is 13.1. The number of nitrogens with zero attached hydrogens (tertiary/aromatic N) is 4. The van der Waals surface area contributed by atoms with Gasteiger partial charge in [-0.3, -0.25) is 4.68 Å². The number of nitrogens with one attached hydrogen (secondary N) is 1. The molecule has 0 aliphatic carbocycles. The van der Waals surface area contributed by atoms with Crippen LogP contribution in [0.15, 0.2) is 10.6 Å². The van der Waals surface area contributed by atoms with Crippen molar-refractivity contribution >= 4 is 11.7 Å². The van der Waals surface area contributed by atoms with Crippen LogP contribution >= 0.6 is 0 Å². The molecule has 3 rings (SSSR count). The monoisotopic (exact) mass is 343 g/mol. The molecule has 0 fully saturated rings. The predicted molar refractivity (Wildman–Crippen MR) is 77.3 cm³/mol. The summed E-state index contributed by atoms with van der Waals surface area (Å²) in [6, 6.07) is 0.568. The number of aromatic nitrogens is 3. The lowest BCUT2D eigenvalue weighted by atomic mass is 10.2. The number of anilines is 1. The van der Waals surface area contributed by atoms with Crippen molar-refractivity contribution in [3.63, 3.8) is 0 Å². The minimum atomic E-state index is -4.49. The Balaban J connectivity index is 1.74. The number of halogens is 3. The molecule has 130 valence electrons. The lowest BCUT2D eigenvalue weighted by molar-refractivity contribution is -0.141. The van der Waals surface area contributed by atoms with Gasteiger partial charge >= 0.3 is 12.2 Å². The highest BCUT2D eigenvalue weighted by atomic mass is 19.4. The summed E-state index contributed by atoms with van der Waals surface area (Å²) in [4.78, 5) is 13.8. The van der Waals surface area contributed by atoms with E-state index in [1.165, 1.54) is 9.58 Å². The van der Waals surface area contributed by atoms with Crippen LogP contribution in [0.4, 0.5) is 23.7 Å². The Kier molecular flexibility index (Phi) is 3.98. The van der Waals surface area contributed by atoms with E-state index in [9.17, 15) is 18.0 Å². The quantitative estimate of drug-likeness (QED) is 0.910. The van der Waals surface area contributed by atoms with E-state index in [1.807, 2.05) is 6.92 Å². The molecule has 3 heterocycles. The molecule has 0 unspecified atom stereocenters. The molecule has 2 aromatic heterocycles. The number of hydrogen-bond acceptors (Lipinski definition) is 4. The zero-order valence-electron chi connectivity index (χ0n) is 13.1. The predicted octanol–water partition coefficient (Wildman–Crippen LogP) is 2.81. The molecule has 0 bridgehead atoms. The van der Waals surface area contributed by atoms with Crippen LogP contribution in [-0.4, -0.2) is 32.4 Å². The Morgan fingerprint density at radius 2 is 2.17 bits per heavy atom. The maximum absolute atomic E-state index is 12.7. The molecule has 0 saturated heterocycles. The molecule has 24 heavy (non-hydrogen) atoms. The van der Waals surface area contributed by atoms with Gasteiger partial charge < -0.3 is 14.7 Å². The first-order valence-electron chi connectivity index (χ1n) is 7.44. The third-order valence-corrected chi connectivity index (χ3v) is 3.86. The van der Waals surface area contributed by atoms with E-state index >= 15 is 0 Å². The molecule has 2 aromatic rings. The van der Waals surface area contributed by atoms with Gasteiger partial charge in [-0.25, -0.2) is 4.79 Å². The highest BCUT2D eigenvalue weighted by molar-refractivity contribution is 5.90.